The van der Waals surface area contributed by atoms with E-state index in [9.17, 15) is 9.59 Å². The predicted molar refractivity (Wildman–Crippen MR) is 109 cm³/mol. The van der Waals surface area contributed by atoms with Crippen LogP contribution in [0.1, 0.15) is 51.0 Å². The lowest BCUT2D eigenvalue weighted by Crippen LogP contribution is -2.34. The van der Waals surface area contributed by atoms with Crippen LogP contribution in [-0.2, 0) is 19.1 Å². The number of ketones is 1. The average Bonchev–Trinajstić information content (AvgIpc) is 3.20. The van der Waals surface area contributed by atoms with Crippen molar-refractivity contribution in [1.82, 2.24) is 5.32 Å². The lowest BCUT2D eigenvalue weighted by molar-refractivity contribution is -0.141. The summed E-state index contributed by atoms with van der Waals surface area (Å²) in [6, 6.07) is 5.57. The summed E-state index contributed by atoms with van der Waals surface area (Å²) in [5, 5.41) is 3.29. The number of fused-ring (bicyclic) bond motifs is 1. The van der Waals surface area contributed by atoms with Gasteiger partial charge in [-0.3, -0.25) is 4.79 Å². The van der Waals surface area contributed by atoms with E-state index in [0.29, 0.717) is 48.0 Å². The highest BCUT2D eigenvalue weighted by Gasteiger charge is 2.39. The van der Waals surface area contributed by atoms with Gasteiger partial charge in [0.25, 0.3) is 0 Å². The summed E-state index contributed by atoms with van der Waals surface area (Å²) in [6.45, 7) is 5.19. The van der Waals surface area contributed by atoms with Gasteiger partial charge >= 0.3 is 5.97 Å². The van der Waals surface area contributed by atoms with Crippen molar-refractivity contribution >= 4 is 11.8 Å². The summed E-state index contributed by atoms with van der Waals surface area (Å²) in [6.07, 6.45) is 2.98. The third kappa shape index (κ3) is 3.94. The fourth-order valence-corrected chi connectivity index (χ4v) is 4.20. The van der Waals surface area contributed by atoms with E-state index in [1.165, 1.54) is 0 Å². The SMILES string of the molecule is CCCOCCOC(=O)C1=C(C)NC2=C(C(=O)CCC2)[C@H]1c1ccc2c(c1)OCO2. The molecule has 2 aliphatic heterocycles. The van der Waals surface area contributed by atoms with Gasteiger partial charge in [-0.2, -0.15) is 0 Å². The van der Waals surface area contributed by atoms with Crippen LogP contribution in [0.3, 0.4) is 0 Å². The minimum atomic E-state index is -0.493. The minimum Gasteiger partial charge on any atom is -0.460 e. The number of Topliss-reactive ketones (excluding diaryl/α,β-unsaturated/α-hetero) is 1. The van der Waals surface area contributed by atoms with Gasteiger partial charge in [0.15, 0.2) is 17.3 Å². The number of hydrogen-bond donors (Lipinski definition) is 1. The average molecular weight is 413 g/mol. The predicted octanol–water partition coefficient (Wildman–Crippen LogP) is 3.35. The maximum Gasteiger partial charge on any atom is 0.336 e. The summed E-state index contributed by atoms with van der Waals surface area (Å²) < 4.78 is 21.9. The molecule has 0 spiro atoms. The molecule has 0 amide bonds. The molecule has 30 heavy (non-hydrogen) atoms. The Morgan fingerprint density at radius 1 is 1.17 bits per heavy atom. The van der Waals surface area contributed by atoms with Crippen molar-refractivity contribution in [1.29, 1.82) is 0 Å². The normalized spacial score (nSPS) is 20.2. The fourth-order valence-electron chi connectivity index (χ4n) is 4.20. The van der Waals surface area contributed by atoms with Gasteiger partial charge in [-0.25, -0.2) is 4.79 Å². The fraction of sp³-hybridized carbons (Fsp3) is 0.478. The molecule has 0 bridgehead atoms. The van der Waals surface area contributed by atoms with Crippen LogP contribution >= 0.6 is 0 Å². The van der Waals surface area contributed by atoms with Crippen LogP contribution in [0.4, 0.5) is 0 Å². The summed E-state index contributed by atoms with van der Waals surface area (Å²) in [4.78, 5) is 26.0. The summed E-state index contributed by atoms with van der Waals surface area (Å²) in [7, 11) is 0. The van der Waals surface area contributed by atoms with Crippen molar-refractivity contribution in [2.75, 3.05) is 26.6 Å². The number of carbonyl (C=O) groups excluding carboxylic acids is 2. The molecular weight excluding hydrogens is 386 g/mol. The second-order valence-electron chi connectivity index (χ2n) is 7.63. The number of hydrogen-bond acceptors (Lipinski definition) is 7. The highest BCUT2D eigenvalue weighted by atomic mass is 16.7. The monoisotopic (exact) mass is 413 g/mol. The minimum absolute atomic E-state index is 0.0653. The maximum atomic E-state index is 13.1. The largest absolute Gasteiger partial charge is 0.460 e. The Kier molecular flexibility index (Phi) is 6.08. The van der Waals surface area contributed by atoms with E-state index in [2.05, 4.69) is 5.32 Å². The molecule has 2 heterocycles. The number of carbonyl (C=O) groups is 2. The lowest BCUT2D eigenvalue weighted by atomic mass is 9.75. The first kappa shape index (κ1) is 20.5. The van der Waals surface area contributed by atoms with Crippen molar-refractivity contribution in [3.05, 3.63) is 46.3 Å². The van der Waals surface area contributed by atoms with E-state index >= 15 is 0 Å². The number of allylic oxidation sites excluding steroid dienone is 3. The quantitative estimate of drug-likeness (QED) is 0.542. The van der Waals surface area contributed by atoms with E-state index in [0.717, 1.165) is 30.5 Å². The van der Waals surface area contributed by atoms with Crippen molar-refractivity contribution in [3.8, 4) is 11.5 Å². The molecule has 7 nitrogen and oxygen atoms in total. The number of nitrogens with one attached hydrogen (secondary N) is 1. The Hall–Kier alpha value is -2.80. The van der Waals surface area contributed by atoms with Crippen molar-refractivity contribution in [2.24, 2.45) is 0 Å². The molecule has 0 radical (unpaired) electrons. The second-order valence-corrected chi connectivity index (χ2v) is 7.63. The molecule has 1 aliphatic carbocycles. The first-order valence-electron chi connectivity index (χ1n) is 10.5. The molecule has 0 saturated heterocycles. The molecule has 0 fully saturated rings. The highest BCUT2D eigenvalue weighted by molar-refractivity contribution is 6.03. The van der Waals surface area contributed by atoms with Gasteiger partial charge in [0, 0.05) is 35.9 Å². The van der Waals surface area contributed by atoms with Crippen LogP contribution in [0.25, 0.3) is 0 Å². The molecule has 4 rings (SSSR count). The molecule has 0 unspecified atom stereocenters. The zero-order valence-corrected chi connectivity index (χ0v) is 17.4. The van der Waals surface area contributed by atoms with Gasteiger partial charge in [-0.15, -0.1) is 0 Å². The summed E-state index contributed by atoms with van der Waals surface area (Å²) in [5.41, 5.74) is 3.54. The molecule has 160 valence electrons. The van der Waals surface area contributed by atoms with E-state index in [-0.39, 0.29) is 19.2 Å². The van der Waals surface area contributed by atoms with E-state index in [4.69, 9.17) is 18.9 Å². The first-order chi connectivity index (χ1) is 14.6. The van der Waals surface area contributed by atoms with Crippen LogP contribution in [0.15, 0.2) is 40.7 Å². The standard InChI is InChI=1S/C23H27NO6/c1-3-9-27-10-11-28-23(26)20-14(2)24-16-5-4-6-17(25)22(16)21(20)15-7-8-18-19(12-15)30-13-29-18/h7-8,12,21,24H,3-6,9-11,13H2,1-2H3/t21-/m0/s1. The smallest absolute Gasteiger partial charge is 0.336 e. The van der Waals surface area contributed by atoms with Gasteiger partial charge in [-0.05, 0) is 43.9 Å². The van der Waals surface area contributed by atoms with Gasteiger partial charge in [0.1, 0.15) is 6.61 Å². The number of benzene rings is 1. The summed E-state index contributed by atoms with van der Waals surface area (Å²) in [5.74, 6) is 0.417. The number of esters is 1. The van der Waals surface area contributed by atoms with Crippen molar-refractivity contribution in [2.45, 2.75) is 45.4 Å². The molecule has 1 N–H and O–H groups in total. The Morgan fingerprint density at radius 2 is 2.00 bits per heavy atom. The van der Waals surface area contributed by atoms with Crippen LogP contribution in [-0.4, -0.2) is 38.4 Å². The molecule has 7 heteroatoms. The topological polar surface area (TPSA) is 83.1 Å². The molecule has 3 aliphatic rings. The molecule has 1 aromatic carbocycles. The van der Waals surface area contributed by atoms with Gasteiger partial charge in [-0.1, -0.05) is 13.0 Å². The molecule has 0 aromatic heterocycles. The number of ether oxygens (including phenoxy) is 4. The Bertz CT molecular complexity index is 916. The van der Waals surface area contributed by atoms with Gasteiger partial charge < -0.3 is 24.3 Å². The lowest BCUT2D eigenvalue weighted by Gasteiger charge is -2.34. The molecule has 1 aromatic rings. The van der Waals surface area contributed by atoms with Crippen LogP contribution in [0.2, 0.25) is 0 Å². The summed E-state index contributed by atoms with van der Waals surface area (Å²) >= 11 is 0. The third-order valence-corrected chi connectivity index (χ3v) is 5.54. The zero-order valence-electron chi connectivity index (χ0n) is 17.4. The van der Waals surface area contributed by atoms with Crippen LogP contribution < -0.4 is 14.8 Å². The number of rotatable bonds is 7. The molecule has 0 saturated carbocycles. The van der Waals surface area contributed by atoms with Crippen LogP contribution in [0.5, 0.6) is 11.5 Å². The van der Waals surface area contributed by atoms with E-state index in [1.807, 2.05) is 32.0 Å². The number of dihydropyridines is 1. The third-order valence-electron chi connectivity index (χ3n) is 5.54. The Labute approximate surface area is 176 Å². The Balaban J connectivity index is 1.66. The first-order valence-corrected chi connectivity index (χ1v) is 10.5. The van der Waals surface area contributed by atoms with Crippen LogP contribution in [0, 0.1) is 0 Å². The van der Waals surface area contributed by atoms with Crippen molar-refractivity contribution < 1.29 is 28.5 Å². The zero-order chi connectivity index (χ0) is 21.1. The Morgan fingerprint density at radius 3 is 2.83 bits per heavy atom. The second kappa shape index (κ2) is 8.92. The van der Waals surface area contributed by atoms with Crippen molar-refractivity contribution in [3.63, 3.8) is 0 Å². The maximum absolute atomic E-state index is 13.1. The van der Waals surface area contributed by atoms with E-state index in [1.54, 1.807) is 0 Å². The van der Waals surface area contributed by atoms with Gasteiger partial charge in [0.2, 0.25) is 6.79 Å². The molecule has 1 atom stereocenters. The van der Waals surface area contributed by atoms with Gasteiger partial charge in [0.05, 0.1) is 12.2 Å². The van der Waals surface area contributed by atoms with E-state index < -0.39 is 11.9 Å². The highest BCUT2D eigenvalue weighted by Crippen LogP contribution is 2.45. The molecular formula is C23H27NO6.